The zero-order valence-corrected chi connectivity index (χ0v) is 8.64. The highest BCUT2D eigenvalue weighted by atomic mass is 35.5. The molecule has 2 nitrogen and oxygen atoms in total. The molecule has 1 aromatic carbocycles. The van der Waals surface area contributed by atoms with E-state index in [4.69, 9.17) is 16.3 Å². The lowest BCUT2D eigenvalue weighted by Crippen LogP contribution is -2.11. The topological polar surface area (TPSA) is 26.3 Å². The Morgan fingerprint density at radius 1 is 1.50 bits per heavy atom. The number of rotatable bonds is 2. The van der Waals surface area contributed by atoms with E-state index in [-0.39, 0.29) is 16.7 Å². The molecule has 0 unspecified atom stereocenters. The molecule has 0 aliphatic carbocycles. The monoisotopic (exact) mass is 216 g/mol. The largest absolute Gasteiger partial charge is 0.459 e. The van der Waals surface area contributed by atoms with Crippen LogP contribution in [-0.2, 0) is 4.74 Å². The second-order valence-corrected chi connectivity index (χ2v) is 3.49. The van der Waals surface area contributed by atoms with Gasteiger partial charge in [0.15, 0.2) is 0 Å². The molecule has 1 aromatic rings. The fraction of sp³-hybridized carbons (Fsp3) is 0.300. The summed E-state index contributed by atoms with van der Waals surface area (Å²) in [4.78, 5) is 11.3. The average Bonchev–Trinajstić information content (AvgIpc) is 2.08. The van der Waals surface area contributed by atoms with Gasteiger partial charge in [0, 0.05) is 0 Å². The van der Waals surface area contributed by atoms with Crippen molar-refractivity contribution in [2.24, 2.45) is 0 Å². The molecule has 1 rings (SSSR count). The third kappa shape index (κ3) is 2.70. The van der Waals surface area contributed by atoms with Crippen molar-refractivity contribution in [1.82, 2.24) is 0 Å². The number of hydrogen-bond donors (Lipinski definition) is 0. The maximum absolute atomic E-state index is 12.9. The number of esters is 1. The lowest BCUT2D eigenvalue weighted by atomic mass is 10.2. The summed E-state index contributed by atoms with van der Waals surface area (Å²) in [5, 5.41) is -0.00824. The number of hydrogen-bond acceptors (Lipinski definition) is 2. The molecule has 14 heavy (non-hydrogen) atoms. The molecule has 0 saturated carbocycles. The van der Waals surface area contributed by atoms with Crippen molar-refractivity contribution in [3.8, 4) is 0 Å². The molecule has 0 amide bonds. The molecule has 0 fully saturated rings. The molecule has 76 valence electrons. The number of halogens is 2. The van der Waals surface area contributed by atoms with Crippen molar-refractivity contribution < 1.29 is 13.9 Å². The van der Waals surface area contributed by atoms with E-state index in [1.54, 1.807) is 13.8 Å². The Bertz CT molecular complexity index is 350. The van der Waals surface area contributed by atoms with Crippen LogP contribution in [0.25, 0.3) is 0 Å². The normalized spacial score (nSPS) is 10.4. The highest BCUT2D eigenvalue weighted by Gasteiger charge is 2.11. The highest BCUT2D eigenvalue weighted by molar-refractivity contribution is 6.30. The molecule has 0 N–H and O–H groups in total. The van der Waals surface area contributed by atoms with Crippen molar-refractivity contribution in [3.63, 3.8) is 0 Å². The molecule has 0 atom stereocenters. The summed E-state index contributed by atoms with van der Waals surface area (Å²) >= 11 is 5.46. The third-order valence-corrected chi connectivity index (χ3v) is 1.80. The summed E-state index contributed by atoms with van der Waals surface area (Å²) in [5.41, 5.74) is 0.167. The minimum Gasteiger partial charge on any atom is -0.459 e. The molecule has 0 radical (unpaired) electrons. The van der Waals surface area contributed by atoms with Gasteiger partial charge in [0.05, 0.1) is 16.7 Å². The summed E-state index contributed by atoms with van der Waals surface area (Å²) in [6.07, 6.45) is -0.221. The Hall–Kier alpha value is -1.09. The lowest BCUT2D eigenvalue weighted by molar-refractivity contribution is 0.0377. The molecular formula is C10H10ClFO2. The van der Waals surface area contributed by atoms with Crippen LogP contribution in [0.5, 0.6) is 0 Å². The van der Waals surface area contributed by atoms with Gasteiger partial charge in [-0.1, -0.05) is 11.6 Å². The van der Waals surface area contributed by atoms with E-state index < -0.39 is 11.8 Å². The van der Waals surface area contributed by atoms with Crippen LogP contribution in [0.4, 0.5) is 4.39 Å². The number of benzene rings is 1. The number of carbonyl (C=O) groups excluding carboxylic acids is 1. The molecule has 4 heteroatoms. The summed E-state index contributed by atoms with van der Waals surface area (Å²) < 4.78 is 17.8. The quantitative estimate of drug-likeness (QED) is 0.711. The Balaban J connectivity index is 2.86. The summed E-state index contributed by atoms with van der Waals surface area (Å²) in [6.45, 7) is 3.45. The van der Waals surface area contributed by atoms with E-state index in [1.165, 1.54) is 12.1 Å². The summed E-state index contributed by atoms with van der Waals surface area (Å²) in [7, 11) is 0. The molecule has 0 heterocycles. The van der Waals surface area contributed by atoms with Gasteiger partial charge in [-0.25, -0.2) is 9.18 Å². The van der Waals surface area contributed by atoms with Gasteiger partial charge in [-0.05, 0) is 32.0 Å². The van der Waals surface area contributed by atoms with E-state index in [1.807, 2.05) is 0 Å². The van der Waals surface area contributed by atoms with Crippen molar-refractivity contribution in [1.29, 1.82) is 0 Å². The van der Waals surface area contributed by atoms with Gasteiger partial charge in [-0.2, -0.15) is 0 Å². The third-order valence-electron chi connectivity index (χ3n) is 1.50. The molecule has 0 saturated heterocycles. The van der Waals surface area contributed by atoms with E-state index in [0.29, 0.717) is 0 Å². The standard InChI is InChI=1S/C10H10ClFO2/c1-6(2)14-10(13)7-3-4-8(11)9(12)5-7/h3-6H,1-2H3. The maximum atomic E-state index is 12.9. The van der Waals surface area contributed by atoms with Crippen molar-refractivity contribution in [2.45, 2.75) is 20.0 Å². The van der Waals surface area contributed by atoms with Crippen LogP contribution in [0.15, 0.2) is 18.2 Å². The highest BCUT2D eigenvalue weighted by Crippen LogP contribution is 2.16. The lowest BCUT2D eigenvalue weighted by Gasteiger charge is -2.07. The zero-order chi connectivity index (χ0) is 10.7. The first-order valence-electron chi connectivity index (χ1n) is 4.16. The minimum atomic E-state index is -0.620. The molecule has 0 aliphatic heterocycles. The summed E-state index contributed by atoms with van der Waals surface area (Å²) in [6, 6.07) is 3.82. The Morgan fingerprint density at radius 2 is 2.14 bits per heavy atom. The first kappa shape index (κ1) is 11.0. The van der Waals surface area contributed by atoms with Crippen LogP contribution < -0.4 is 0 Å². The van der Waals surface area contributed by atoms with Gasteiger partial charge in [-0.15, -0.1) is 0 Å². The Kier molecular flexibility index (Phi) is 3.47. The minimum absolute atomic E-state index is 0.00824. The van der Waals surface area contributed by atoms with E-state index in [2.05, 4.69) is 0 Å². The van der Waals surface area contributed by atoms with Gasteiger partial charge in [0.2, 0.25) is 0 Å². The van der Waals surface area contributed by atoms with E-state index in [9.17, 15) is 9.18 Å². The second kappa shape index (κ2) is 4.42. The van der Waals surface area contributed by atoms with Gasteiger partial charge >= 0.3 is 5.97 Å². The van der Waals surface area contributed by atoms with Gasteiger partial charge in [0.25, 0.3) is 0 Å². The van der Waals surface area contributed by atoms with Crippen molar-refractivity contribution in [2.75, 3.05) is 0 Å². The van der Waals surface area contributed by atoms with Crippen molar-refractivity contribution >= 4 is 17.6 Å². The van der Waals surface area contributed by atoms with Crippen LogP contribution in [0.1, 0.15) is 24.2 Å². The molecule has 0 bridgehead atoms. The van der Waals surface area contributed by atoms with Crippen LogP contribution in [0, 0.1) is 5.82 Å². The Labute approximate surface area is 86.6 Å². The average molecular weight is 217 g/mol. The number of ether oxygens (including phenoxy) is 1. The Morgan fingerprint density at radius 3 is 2.64 bits per heavy atom. The van der Waals surface area contributed by atoms with E-state index >= 15 is 0 Å². The second-order valence-electron chi connectivity index (χ2n) is 3.08. The van der Waals surface area contributed by atoms with Crippen LogP contribution in [0.2, 0.25) is 5.02 Å². The van der Waals surface area contributed by atoms with Crippen LogP contribution in [0.3, 0.4) is 0 Å². The van der Waals surface area contributed by atoms with Crippen molar-refractivity contribution in [3.05, 3.63) is 34.6 Å². The predicted molar refractivity (Wildman–Crippen MR) is 52.0 cm³/mol. The predicted octanol–water partition coefficient (Wildman–Crippen LogP) is 3.04. The molecule has 0 spiro atoms. The van der Waals surface area contributed by atoms with Gasteiger partial charge in [0.1, 0.15) is 5.82 Å². The van der Waals surface area contributed by atoms with Crippen LogP contribution in [-0.4, -0.2) is 12.1 Å². The first-order chi connectivity index (χ1) is 6.50. The van der Waals surface area contributed by atoms with Gasteiger partial charge < -0.3 is 4.74 Å². The van der Waals surface area contributed by atoms with Gasteiger partial charge in [-0.3, -0.25) is 0 Å². The fourth-order valence-corrected chi connectivity index (χ4v) is 1.02. The smallest absolute Gasteiger partial charge is 0.338 e. The van der Waals surface area contributed by atoms with E-state index in [0.717, 1.165) is 6.07 Å². The fourth-order valence-electron chi connectivity index (χ4n) is 0.905. The number of carbonyl (C=O) groups is 1. The maximum Gasteiger partial charge on any atom is 0.338 e. The summed E-state index contributed by atoms with van der Waals surface area (Å²) in [5.74, 6) is -1.17. The molecule has 0 aromatic heterocycles. The molecule has 0 aliphatic rings. The van der Waals surface area contributed by atoms with Crippen LogP contribution >= 0.6 is 11.6 Å². The SMILES string of the molecule is CC(C)OC(=O)c1ccc(Cl)c(F)c1. The first-order valence-corrected chi connectivity index (χ1v) is 4.54. The zero-order valence-electron chi connectivity index (χ0n) is 7.88. The molecular weight excluding hydrogens is 207 g/mol.